The van der Waals surface area contributed by atoms with E-state index in [2.05, 4.69) is 5.32 Å². The lowest BCUT2D eigenvalue weighted by Crippen LogP contribution is -2.18. The van der Waals surface area contributed by atoms with Gasteiger partial charge in [0.1, 0.15) is 4.99 Å². The van der Waals surface area contributed by atoms with Gasteiger partial charge in [0.05, 0.1) is 11.7 Å². The van der Waals surface area contributed by atoms with Gasteiger partial charge in [0.2, 0.25) is 0 Å². The van der Waals surface area contributed by atoms with Gasteiger partial charge in [-0.25, -0.2) is 8.78 Å². The molecular formula is C15H16F2N2S2. The van der Waals surface area contributed by atoms with Crippen molar-refractivity contribution < 1.29 is 8.78 Å². The highest BCUT2D eigenvalue weighted by atomic mass is 32.1. The maximum atomic E-state index is 14.1. The first kappa shape index (κ1) is 15.9. The van der Waals surface area contributed by atoms with Gasteiger partial charge in [-0.3, -0.25) is 0 Å². The van der Waals surface area contributed by atoms with E-state index in [0.717, 1.165) is 4.88 Å². The first-order chi connectivity index (χ1) is 9.91. The van der Waals surface area contributed by atoms with Gasteiger partial charge in [-0.15, -0.1) is 11.3 Å². The van der Waals surface area contributed by atoms with E-state index >= 15 is 0 Å². The van der Waals surface area contributed by atoms with Crippen LogP contribution < -0.4 is 11.1 Å². The van der Waals surface area contributed by atoms with E-state index in [-0.39, 0.29) is 28.2 Å². The average molecular weight is 326 g/mol. The smallest absolute Gasteiger partial charge is 0.182 e. The number of hydrogen-bond donors (Lipinski definition) is 2. The standard InChI is InChI=1S/C15H16F2N2S2/c1-8(2)14(11-4-3-7-21-11)19-10-6-5-9(15(18)20)12(16)13(10)17/h3-8,14,19H,1-2H3,(H2,18,20). The fraction of sp³-hybridized carbons (Fsp3) is 0.267. The zero-order chi connectivity index (χ0) is 15.6. The molecule has 0 amide bonds. The van der Waals surface area contributed by atoms with Crippen molar-refractivity contribution in [1.29, 1.82) is 0 Å². The molecule has 1 heterocycles. The molecule has 6 heteroatoms. The van der Waals surface area contributed by atoms with E-state index in [4.69, 9.17) is 18.0 Å². The van der Waals surface area contributed by atoms with Gasteiger partial charge in [0, 0.05) is 10.4 Å². The third kappa shape index (κ3) is 3.39. The maximum Gasteiger partial charge on any atom is 0.182 e. The summed E-state index contributed by atoms with van der Waals surface area (Å²) in [6, 6.07) is 6.68. The SMILES string of the molecule is CC(C)C(Nc1ccc(C(N)=S)c(F)c1F)c1cccs1. The molecule has 0 fully saturated rings. The van der Waals surface area contributed by atoms with Crippen molar-refractivity contribution in [2.45, 2.75) is 19.9 Å². The molecule has 0 aliphatic rings. The van der Waals surface area contributed by atoms with Gasteiger partial charge in [-0.05, 0) is 29.5 Å². The summed E-state index contributed by atoms with van der Waals surface area (Å²) in [4.78, 5) is 0.917. The molecular weight excluding hydrogens is 310 g/mol. The minimum atomic E-state index is -1.01. The predicted molar refractivity (Wildman–Crippen MR) is 87.8 cm³/mol. The quantitative estimate of drug-likeness (QED) is 0.796. The topological polar surface area (TPSA) is 38.0 Å². The number of nitrogens with one attached hydrogen (secondary N) is 1. The summed E-state index contributed by atoms with van der Waals surface area (Å²) in [5, 5.41) is 5.03. The van der Waals surface area contributed by atoms with E-state index in [9.17, 15) is 8.78 Å². The van der Waals surface area contributed by atoms with Crippen molar-refractivity contribution in [1.82, 2.24) is 0 Å². The van der Waals surface area contributed by atoms with Crippen molar-refractivity contribution in [2.24, 2.45) is 11.7 Å². The molecule has 2 rings (SSSR count). The van der Waals surface area contributed by atoms with E-state index < -0.39 is 11.6 Å². The second kappa shape index (κ2) is 6.49. The second-order valence-corrected chi connectivity index (χ2v) is 6.45. The normalized spacial score (nSPS) is 12.4. The van der Waals surface area contributed by atoms with Gasteiger partial charge >= 0.3 is 0 Å². The molecule has 0 saturated heterocycles. The van der Waals surface area contributed by atoms with E-state index in [1.165, 1.54) is 12.1 Å². The van der Waals surface area contributed by atoms with E-state index in [1.54, 1.807) is 11.3 Å². The van der Waals surface area contributed by atoms with Crippen LogP contribution in [0.3, 0.4) is 0 Å². The van der Waals surface area contributed by atoms with Gasteiger partial charge in [0.25, 0.3) is 0 Å². The number of benzene rings is 1. The largest absolute Gasteiger partial charge is 0.389 e. The third-order valence-corrected chi connectivity index (χ3v) is 4.35. The van der Waals surface area contributed by atoms with Crippen LogP contribution in [0.2, 0.25) is 0 Å². The van der Waals surface area contributed by atoms with Crippen molar-refractivity contribution in [3.63, 3.8) is 0 Å². The van der Waals surface area contributed by atoms with Gasteiger partial charge in [-0.1, -0.05) is 32.1 Å². The molecule has 2 nitrogen and oxygen atoms in total. The first-order valence-corrected chi connectivity index (χ1v) is 7.78. The minimum absolute atomic E-state index is 0.0785. The summed E-state index contributed by atoms with van der Waals surface area (Å²) >= 11 is 6.28. The summed E-state index contributed by atoms with van der Waals surface area (Å²) in [6.45, 7) is 4.05. The number of thiocarbonyl (C=S) groups is 1. The van der Waals surface area contributed by atoms with Crippen molar-refractivity contribution in [3.05, 3.63) is 51.7 Å². The Bertz CT molecular complexity index is 639. The zero-order valence-electron chi connectivity index (χ0n) is 11.7. The van der Waals surface area contributed by atoms with Crippen LogP contribution in [0, 0.1) is 17.6 Å². The molecule has 1 aromatic heterocycles. The average Bonchev–Trinajstić information content (AvgIpc) is 2.93. The Hall–Kier alpha value is -1.53. The number of anilines is 1. The molecule has 2 aromatic rings. The number of rotatable bonds is 5. The van der Waals surface area contributed by atoms with Crippen molar-refractivity contribution >= 4 is 34.2 Å². The fourth-order valence-corrected chi connectivity index (χ4v) is 3.16. The molecule has 1 aromatic carbocycles. The van der Waals surface area contributed by atoms with Crippen LogP contribution in [0.1, 0.15) is 30.3 Å². The Balaban J connectivity index is 2.34. The Kier molecular flexibility index (Phi) is 4.90. The predicted octanol–water partition coefficient (Wildman–Crippen LogP) is 4.47. The fourth-order valence-electron chi connectivity index (χ4n) is 2.05. The van der Waals surface area contributed by atoms with Crippen LogP contribution in [0.25, 0.3) is 0 Å². The Labute approximate surface area is 132 Å². The molecule has 0 bridgehead atoms. The molecule has 0 aliphatic carbocycles. The zero-order valence-corrected chi connectivity index (χ0v) is 13.3. The van der Waals surface area contributed by atoms with E-state index in [0.29, 0.717) is 0 Å². The van der Waals surface area contributed by atoms with E-state index in [1.807, 2.05) is 31.4 Å². The number of nitrogens with two attached hydrogens (primary N) is 1. The maximum absolute atomic E-state index is 14.1. The van der Waals surface area contributed by atoms with Gasteiger partial charge in [0.15, 0.2) is 11.6 Å². The van der Waals surface area contributed by atoms with Crippen LogP contribution in [0.15, 0.2) is 29.6 Å². The summed E-state index contributed by atoms with van der Waals surface area (Å²) < 4.78 is 28.1. The highest BCUT2D eigenvalue weighted by molar-refractivity contribution is 7.80. The van der Waals surface area contributed by atoms with Crippen LogP contribution in [0.4, 0.5) is 14.5 Å². The molecule has 21 heavy (non-hydrogen) atoms. The summed E-state index contributed by atoms with van der Waals surface area (Å²) in [5.41, 5.74) is 5.40. The highest BCUT2D eigenvalue weighted by Crippen LogP contribution is 2.31. The number of thiophene rings is 1. The minimum Gasteiger partial charge on any atom is -0.389 e. The van der Waals surface area contributed by atoms with Crippen molar-refractivity contribution in [3.8, 4) is 0 Å². The first-order valence-electron chi connectivity index (χ1n) is 6.49. The summed E-state index contributed by atoms with van der Waals surface area (Å²) in [6.07, 6.45) is 0. The second-order valence-electron chi connectivity index (χ2n) is 5.03. The van der Waals surface area contributed by atoms with Gasteiger partial charge < -0.3 is 11.1 Å². The summed E-state index contributed by atoms with van der Waals surface area (Å²) in [5.74, 6) is -1.75. The molecule has 0 saturated carbocycles. The highest BCUT2D eigenvalue weighted by Gasteiger charge is 2.21. The molecule has 1 atom stereocenters. The third-order valence-electron chi connectivity index (χ3n) is 3.18. The molecule has 112 valence electrons. The Morgan fingerprint density at radius 2 is 1.95 bits per heavy atom. The van der Waals surface area contributed by atoms with Crippen LogP contribution in [-0.2, 0) is 0 Å². The van der Waals surface area contributed by atoms with Crippen LogP contribution >= 0.6 is 23.6 Å². The molecule has 0 radical (unpaired) electrons. The van der Waals surface area contributed by atoms with Crippen LogP contribution in [-0.4, -0.2) is 4.99 Å². The lowest BCUT2D eigenvalue weighted by Gasteiger charge is -2.23. The van der Waals surface area contributed by atoms with Crippen LogP contribution in [0.5, 0.6) is 0 Å². The van der Waals surface area contributed by atoms with Crippen molar-refractivity contribution in [2.75, 3.05) is 5.32 Å². The summed E-state index contributed by atoms with van der Waals surface area (Å²) in [7, 11) is 0. The van der Waals surface area contributed by atoms with Gasteiger partial charge in [-0.2, -0.15) is 0 Å². The molecule has 0 spiro atoms. The number of hydrogen-bond acceptors (Lipinski definition) is 3. The Morgan fingerprint density at radius 3 is 2.48 bits per heavy atom. The monoisotopic (exact) mass is 326 g/mol. The molecule has 1 unspecified atom stereocenters. The lowest BCUT2D eigenvalue weighted by molar-refractivity contribution is 0.501. The Morgan fingerprint density at radius 1 is 1.24 bits per heavy atom. The number of halogens is 2. The lowest BCUT2D eigenvalue weighted by atomic mass is 10.0. The molecule has 0 aliphatic heterocycles. The molecule has 3 N–H and O–H groups in total.